The number of nitrogens with one attached hydrogen (secondary N) is 1. The van der Waals surface area contributed by atoms with Crippen molar-refractivity contribution >= 4 is 21.6 Å². The molecule has 0 aromatic heterocycles. The first-order valence-corrected chi connectivity index (χ1v) is 8.44. The quantitative estimate of drug-likeness (QED) is 0.700. The molecule has 0 aliphatic rings. The molecule has 1 N–H and O–H groups in total. The Bertz CT molecular complexity index is 323. The number of alkyl halides is 1. The van der Waals surface area contributed by atoms with Gasteiger partial charge in [0.05, 0.1) is 18.5 Å². The lowest BCUT2D eigenvalue weighted by Crippen LogP contribution is -2.45. The van der Waals surface area contributed by atoms with Crippen molar-refractivity contribution in [2.24, 2.45) is 5.41 Å². The zero-order valence-corrected chi connectivity index (χ0v) is 13.6. The molecule has 110 valence electrons. The SMILES string of the molecule is CC(C)OCCS(=O)(=O)NC(CCCl)C(C)(C)C. The summed E-state index contributed by atoms with van der Waals surface area (Å²) in [6, 6.07) is -0.154. The number of ether oxygens (including phenoxy) is 1. The molecular formula is C12H26ClNO3S. The van der Waals surface area contributed by atoms with Crippen LogP contribution in [0.5, 0.6) is 0 Å². The summed E-state index contributed by atoms with van der Waals surface area (Å²) in [6.07, 6.45) is 0.663. The molecule has 0 aliphatic carbocycles. The Labute approximate surface area is 116 Å². The van der Waals surface area contributed by atoms with Gasteiger partial charge in [-0.1, -0.05) is 20.8 Å². The summed E-state index contributed by atoms with van der Waals surface area (Å²) >= 11 is 5.72. The lowest BCUT2D eigenvalue weighted by Gasteiger charge is -2.30. The summed E-state index contributed by atoms with van der Waals surface area (Å²) in [4.78, 5) is 0. The first-order chi connectivity index (χ1) is 8.08. The Morgan fingerprint density at radius 3 is 2.22 bits per heavy atom. The van der Waals surface area contributed by atoms with Crippen LogP contribution in [0.4, 0.5) is 0 Å². The van der Waals surface area contributed by atoms with E-state index >= 15 is 0 Å². The third-order valence-electron chi connectivity index (χ3n) is 2.57. The zero-order valence-electron chi connectivity index (χ0n) is 12.0. The first-order valence-electron chi connectivity index (χ1n) is 6.26. The van der Waals surface area contributed by atoms with E-state index in [0.717, 1.165) is 0 Å². The topological polar surface area (TPSA) is 55.4 Å². The van der Waals surface area contributed by atoms with E-state index in [1.807, 2.05) is 34.6 Å². The van der Waals surface area contributed by atoms with Gasteiger partial charge in [-0.15, -0.1) is 11.6 Å². The summed E-state index contributed by atoms with van der Waals surface area (Å²) in [5.74, 6) is 0.424. The van der Waals surface area contributed by atoms with Gasteiger partial charge in [-0.3, -0.25) is 0 Å². The Kier molecular flexibility index (Phi) is 7.75. The number of rotatable bonds is 8. The van der Waals surface area contributed by atoms with E-state index in [4.69, 9.17) is 16.3 Å². The molecule has 0 radical (unpaired) electrons. The molecule has 0 rings (SSSR count). The van der Waals surface area contributed by atoms with Gasteiger partial charge in [0.25, 0.3) is 0 Å². The van der Waals surface area contributed by atoms with Crippen molar-refractivity contribution in [3.8, 4) is 0 Å². The minimum atomic E-state index is -3.32. The second-order valence-corrected chi connectivity index (χ2v) is 8.00. The van der Waals surface area contributed by atoms with Crippen LogP contribution in [0.25, 0.3) is 0 Å². The molecule has 0 saturated heterocycles. The second-order valence-electron chi connectivity index (χ2n) is 5.75. The molecule has 4 nitrogen and oxygen atoms in total. The summed E-state index contributed by atoms with van der Waals surface area (Å²) in [5, 5.41) is 0. The van der Waals surface area contributed by atoms with Crippen LogP contribution in [0.1, 0.15) is 41.0 Å². The largest absolute Gasteiger partial charge is 0.378 e. The Balaban J connectivity index is 4.43. The first kappa shape index (κ1) is 18.2. The van der Waals surface area contributed by atoms with E-state index in [0.29, 0.717) is 12.3 Å². The van der Waals surface area contributed by atoms with Gasteiger partial charge in [-0.05, 0) is 25.7 Å². The van der Waals surface area contributed by atoms with Crippen molar-refractivity contribution in [1.82, 2.24) is 4.72 Å². The smallest absolute Gasteiger partial charge is 0.214 e. The highest BCUT2D eigenvalue weighted by molar-refractivity contribution is 7.89. The highest BCUT2D eigenvalue weighted by Gasteiger charge is 2.28. The van der Waals surface area contributed by atoms with Crippen LogP contribution in [0.15, 0.2) is 0 Å². The van der Waals surface area contributed by atoms with Crippen molar-refractivity contribution in [2.45, 2.75) is 53.2 Å². The zero-order chi connectivity index (χ0) is 14.4. The van der Waals surface area contributed by atoms with Gasteiger partial charge < -0.3 is 4.74 Å². The van der Waals surface area contributed by atoms with Crippen molar-refractivity contribution in [2.75, 3.05) is 18.2 Å². The maximum Gasteiger partial charge on any atom is 0.214 e. The number of halogens is 1. The molecule has 18 heavy (non-hydrogen) atoms. The number of hydrogen-bond donors (Lipinski definition) is 1. The van der Waals surface area contributed by atoms with E-state index in [1.165, 1.54) is 0 Å². The fraction of sp³-hybridized carbons (Fsp3) is 1.00. The van der Waals surface area contributed by atoms with Crippen molar-refractivity contribution in [3.63, 3.8) is 0 Å². The normalized spacial score (nSPS) is 15.1. The maximum atomic E-state index is 11.9. The average Bonchev–Trinajstić information content (AvgIpc) is 2.14. The summed E-state index contributed by atoms with van der Waals surface area (Å²) in [7, 11) is -3.32. The lowest BCUT2D eigenvalue weighted by atomic mass is 9.86. The predicted octanol–water partition coefficient (Wildman–Crippen LogP) is 2.37. The van der Waals surface area contributed by atoms with Gasteiger partial charge >= 0.3 is 0 Å². The van der Waals surface area contributed by atoms with Crippen molar-refractivity contribution in [1.29, 1.82) is 0 Å². The molecule has 0 aromatic rings. The molecule has 0 amide bonds. The Morgan fingerprint density at radius 2 is 1.83 bits per heavy atom. The van der Waals surface area contributed by atoms with E-state index in [1.54, 1.807) is 0 Å². The summed E-state index contributed by atoms with van der Waals surface area (Å²) in [5.41, 5.74) is -0.152. The molecule has 0 spiro atoms. The molecule has 0 aromatic carbocycles. The Morgan fingerprint density at radius 1 is 1.28 bits per heavy atom. The molecule has 0 heterocycles. The van der Waals surface area contributed by atoms with E-state index in [2.05, 4.69) is 4.72 Å². The summed E-state index contributed by atoms with van der Waals surface area (Å²) < 4.78 is 31.8. The average molecular weight is 300 g/mol. The van der Waals surface area contributed by atoms with Crippen LogP contribution in [0.3, 0.4) is 0 Å². The van der Waals surface area contributed by atoms with Gasteiger partial charge in [0.1, 0.15) is 0 Å². The fourth-order valence-corrected chi connectivity index (χ4v) is 3.00. The number of hydrogen-bond acceptors (Lipinski definition) is 3. The molecule has 1 unspecified atom stereocenters. The van der Waals surface area contributed by atoms with Crippen molar-refractivity contribution in [3.05, 3.63) is 0 Å². The van der Waals surface area contributed by atoms with Crippen LogP contribution in [0, 0.1) is 5.41 Å². The van der Waals surface area contributed by atoms with Gasteiger partial charge in [0.2, 0.25) is 10.0 Å². The Hall–Kier alpha value is 0.160. The van der Waals surface area contributed by atoms with Crippen LogP contribution in [0.2, 0.25) is 0 Å². The molecule has 6 heteroatoms. The minimum Gasteiger partial charge on any atom is -0.378 e. The van der Waals surface area contributed by atoms with Crippen LogP contribution in [-0.2, 0) is 14.8 Å². The van der Waals surface area contributed by atoms with Gasteiger partial charge in [0, 0.05) is 11.9 Å². The molecule has 0 fully saturated rings. The predicted molar refractivity (Wildman–Crippen MR) is 76.6 cm³/mol. The summed E-state index contributed by atoms with van der Waals surface area (Å²) in [6.45, 7) is 9.97. The molecule has 1 atom stereocenters. The molecule has 0 bridgehead atoms. The highest BCUT2D eigenvalue weighted by Crippen LogP contribution is 2.22. The highest BCUT2D eigenvalue weighted by atomic mass is 35.5. The fourth-order valence-electron chi connectivity index (χ4n) is 1.45. The van der Waals surface area contributed by atoms with Crippen LogP contribution in [-0.4, -0.2) is 38.8 Å². The van der Waals surface area contributed by atoms with Gasteiger partial charge in [-0.2, -0.15) is 0 Å². The van der Waals surface area contributed by atoms with Crippen molar-refractivity contribution < 1.29 is 13.2 Å². The molecule has 0 saturated carbocycles. The van der Waals surface area contributed by atoms with Crippen LogP contribution >= 0.6 is 11.6 Å². The minimum absolute atomic E-state index is 0.0138. The van der Waals surface area contributed by atoms with E-state index < -0.39 is 10.0 Å². The van der Waals surface area contributed by atoms with Gasteiger partial charge in [0.15, 0.2) is 0 Å². The molecular weight excluding hydrogens is 274 g/mol. The van der Waals surface area contributed by atoms with E-state index in [-0.39, 0.29) is 29.9 Å². The third-order valence-corrected chi connectivity index (χ3v) is 4.13. The number of sulfonamides is 1. The van der Waals surface area contributed by atoms with Gasteiger partial charge in [-0.25, -0.2) is 13.1 Å². The lowest BCUT2D eigenvalue weighted by molar-refractivity contribution is 0.0910. The third kappa shape index (κ3) is 8.29. The monoisotopic (exact) mass is 299 g/mol. The van der Waals surface area contributed by atoms with E-state index in [9.17, 15) is 8.42 Å². The maximum absolute atomic E-state index is 11.9. The van der Waals surface area contributed by atoms with Crippen LogP contribution < -0.4 is 4.72 Å². The standard InChI is InChI=1S/C12H26ClNO3S/c1-10(2)17-8-9-18(15,16)14-11(6-7-13)12(3,4)5/h10-11,14H,6-9H2,1-5H3. The molecule has 0 aliphatic heterocycles. The second kappa shape index (κ2) is 7.68.